The molecular weight excluding hydrogens is 371 g/mol. The number of benzene rings is 1. The van der Waals surface area contributed by atoms with Gasteiger partial charge in [0, 0.05) is 3.57 Å². The van der Waals surface area contributed by atoms with E-state index < -0.39 is 11.8 Å². The zero-order valence-corrected chi connectivity index (χ0v) is 12.3. The number of hydrogen-bond acceptors (Lipinski definition) is 3. The van der Waals surface area contributed by atoms with Crippen molar-refractivity contribution in [3.63, 3.8) is 0 Å². The van der Waals surface area contributed by atoms with E-state index in [0.29, 0.717) is 11.4 Å². The summed E-state index contributed by atoms with van der Waals surface area (Å²) in [5.74, 6) is -0.370. The van der Waals surface area contributed by atoms with E-state index in [1.54, 1.807) is 24.3 Å². The lowest BCUT2D eigenvalue weighted by Crippen LogP contribution is -2.35. The molecule has 0 aliphatic carbocycles. The lowest BCUT2D eigenvalue weighted by Gasteiger charge is -2.14. The molecule has 2 amide bonds. The lowest BCUT2D eigenvalue weighted by atomic mass is 10.2. The van der Waals surface area contributed by atoms with Crippen LogP contribution in [0, 0.1) is 3.57 Å². The second kappa shape index (κ2) is 5.12. The van der Waals surface area contributed by atoms with Gasteiger partial charge >= 0.3 is 0 Å². The van der Waals surface area contributed by atoms with Crippen molar-refractivity contribution in [3.05, 3.63) is 57.6 Å². The van der Waals surface area contributed by atoms with E-state index in [4.69, 9.17) is 4.42 Å². The van der Waals surface area contributed by atoms with Gasteiger partial charge in [-0.2, -0.15) is 0 Å². The Morgan fingerprint density at radius 3 is 2.55 bits per heavy atom. The fraction of sp³-hybridized carbons (Fsp3) is 0. The van der Waals surface area contributed by atoms with Crippen molar-refractivity contribution in [1.29, 1.82) is 0 Å². The first kappa shape index (κ1) is 12.9. The van der Waals surface area contributed by atoms with Crippen LogP contribution in [0.15, 0.2) is 52.7 Å². The first-order valence-electron chi connectivity index (χ1n) is 5.81. The van der Waals surface area contributed by atoms with Crippen LogP contribution in [-0.4, -0.2) is 11.8 Å². The van der Waals surface area contributed by atoms with Gasteiger partial charge in [-0.15, -0.1) is 0 Å². The SMILES string of the molecule is O=C1NN(c2ccc(I)cc2)C(=O)/C1=C\c1ccco1. The maximum Gasteiger partial charge on any atom is 0.282 e. The Labute approximate surface area is 128 Å². The van der Waals surface area contributed by atoms with Crippen molar-refractivity contribution >= 4 is 46.2 Å². The Morgan fingerprint density at radius 2 is 1.90 bits per heavy atom. The minimum atomic E-state index is -0.440. The molecule has 1 aliphatic rings. The number of carbonyl (C=O) groups is 2. The summed E-state index contributed by atoms with van der Waals surface area (Å²) in [5, 5.41) is 1.23. The number of anilines is 1. The van der Waals surface area contributed by atoms with E-state index in [1.165, 1.54) is 17.3 Å². The average Bonchev–Trinajstić information content (AvgIpc) is 3.04. The minimum absolute atomic E-state index is 0.0542. The maximum absolute atomic E-state index is 12.3. The number of rotatable bonds is 2. The number of amides is 2. The molecule has 20 heavy (non-hydrogen) atoms. The standard InChI is InChI=1S/C14H9IN2O3/c15-9-3-5-10(6-4-9)17-14(19)12(13(18)16-17)8-11-2-1-7-20-11/h1-8H,(H,16,18)/b12-8-. The van der Waals surface area contributed by atoms with E-state index in [0.717, 1.165) is 3.57 Å². The molecule has 1 saturated heterocycles. The highest BCUT2D eigenvalue weighted by molar-refractivity contribution is 14.1. The first-order valence-corrected chi connectivity index (χ1v) is 6.89. The molecule has 2 heterocycles. The van der Waals surface area contributed by atoms with Crippen molar-refractivity contribution in [1.82, 2.24) is 5.43 Å². The molecule has 0 unspecified atom stereocenters. The van der Waals surface area contributed by atoms with Crippen LogP contribution in [0.5, 0.6) is 0 Å². The zero-order valence-electron chi connectivity index (χ0n) is 10.2. The van der Waals surface area contributed by atoms with Crippen molar-refractivity contribution in [3.8, 4) is 0 Å². The summed E-state index contributed by atoms with van der Waals surface area (Å²) in [5.41, 5.74) is 3.21. The highest BCUT2D eigenvalue weighted by Gasteiger charge is 2.34. The smallest absolute Gasteiger partial charge is 0.282 e. The van der Waals surface area contributed by atoms with Crippen molar-refractivity contribution in [2.75, 3.05) is 5.01 Å². The van der Waals surface area contributed by atoms with E-state index in [2.05, 4.69) is 28.0 Å². The molecule has 1 aromatic heterocycles. The maximum atomic E-state index is 12.3. The molecule has 6 heteroatoms. The molecule has 100 valence electrons. The van der Waals surface area contributed by atoms with Gasteiger partial charge in [0.25, 0.3) is 11.8 Å². The molecule has 1 fully saturated rings. The second-order valence-electron chi connectivity index (χ2n) is 4.13. The van der Waals surface area contributed by atoms with Crippen LogP contribution in [0.3, 0.4) is 0 Å². The second-order valence-corrected chi connectivity index (χ2v) is 5.38. The minimum Gasteiger partial charge on any atom is -0.465 e. The van der Waals surface area contributed by atoms with Gasteiger partial charge in [-0.05, 0) is 65.1 Å². The molecule has 0 radical (unpaired) electrons. The fourth-order valence-corrected chi connectivity index (χ4v) is 2.20. The Morgan fingerprint density at radius 1 is 1.15 bits per heavy atom. The summed E-state index contributed by atoms with van der Waals surface area (Å²) in [6, 6.07) is 10.7. The van der Waals surface area contributed by atoms with Crippen molar-refractivity contribution in [2.45, 2.75) is 0 Å². The van der Waals surface area contributed by atoms with Gasteiger partial charge < -0.3 is 4.42 Å². The van der Waals surface area contributed by atoms with Crippen molar-refractivity contribution in [2.24, 2.45) is 0 Å². The molecule has 2 aromatic rings. The van der Waals surface area contributed by atoms with Crippen LogP contribution < -0.4 is 10.4 Å². The van der Waals surface area contributed by atoms with Gasteiger partial charge in [0.15, 0.2) is 0 Å². The molecule has 0 atom stereocenters. The Balaban J connectivity index is 1.92. The van der Waals surface area contributed by atoms with E-state index in [-0.39, 0.29) is 5.57 Å². The number of halogens is 1. The Hall–Kier alpha value is -2.09. The molecular formula is C14H9IN2O3. The van der Waals surface area contributed by atoms with Crippen LogP contribution >= 0.6 is 22.6 Å². The topological polar surface area (TPSA) is 62.6 Å². The quantitative estimate of drug-likeness (QED) is 0.494. The third-order valence-corrected chi connectivity index (χ3v) is 3.53. The van der Waals surface area contributed by atoms with Crippen LogP contribution in [0.1, 0.15) is 5.76 Å². The van der Waals surface area contributed by atoms with E-state index in [9.17, 15) is 9.59 Å². The van der Waals surface area contributed by atoms with Crippen molar-refractivity contribution < 1.29 is 14.0 Å². The third kappa shape index (κ3) is 2.34. The number of hydrazine groups is 1. The van der Waals surface area contributed by atoms with Crippen LogP contribution in [0.2, 0.25) is 0 Å². The molecule has 5 nitrogen and oxygen atoms in total. The summed E-state index contributed by atoms with van der Waals surface area (Å²) in [4.78, 5) is 24.1. The van der Waals surface area contributed by atoms with E-state index >= 15 is 0 Å². The number of nitrogens with one attached hydrogen (secondary N) is 1. The van der Waals surface area contributed by atoms with Crippen LogP contribution in [-0.2, 0) is 9.59 Å². The third-order valence-electron chi connectivity index (χ3n) is 2.81. The number of hydrogen-bond donors (Lipinski definition) is 1. The summed E-state index contributed by atoms with van der Waals surface area (Å²) >= 11 is 2.17. The molecule has 0 spiro atoms. The molecule has 3 rings (SSSR count). The largest absolute Gasteiger partial charge is 0.465 e. The summed E-state index contributed by atoms with van der Waals surface area (Å²) in [7, 11) is 0. The van der Waals surface area contributed by atoms with Gasteiger partial charge in [0.2, 0.25) is 0 Å². The normalized spacial score (nSPS) is 16.9. The van der Waals surface area contributed by atoms with Gasteiger partial charge in [-0.3, -0.25) is 15.0 Å². The highest BCUT2D eigenvalue weighted by Crippen LogP contribution is 2.22. The molecule has 1 N–H and O–H groups in total. The van der Waals surface area contributed by atoms with Gasteiger partial charge in [0.05, 0.1) is 12.0 Å². The number of nitrogens with zero attached hydrogens (tertiary/aromatic N) is 1. The van der Waals surface area contributed by atoms with E-state index in [1.807, 2.05) is 12.1 Å². The highest BCUT2D eigenvalue weighted by atomic mass is 127. The first-order chi connectivity index (χ1) is 9.65. The van der Waals surface area contributed by atoms with Gasteiger partial charge in [-0.1, -0.05) is 0 Å². The molecule has 0 bridgehead atoms. The lowest BCUT2D eigenvalue weighted by molar-refractivity contribution is -0.117. The molecule has 0 saturated carbocycles. The predicted octanol–water partition coefficient (Wildman–Crippen LogP) is 2.35. The summed E-state index contributed by atoms with van der Waals surface area (Å²) in [6.45, 7) is 0. The fourth-order valence-electron chi connectivity index (χ4n) is 1.85. The molecule has 1 aliphatic heterocycles. The zero-order chi connectivity index (χ0) is 14.1. The number of furan rings is 1. The van der Waals surface area contributed by atoms with Crippen LogP contribution in [0.25, 0.3) is 6.08 Å². The van der Waals surface area contributed by atoms with Gasteiger partial charge in [-0.25, -0.2) is 5.01 Å². The Kier molecular flexibility index (Phi) is 3.31. The Bertz CT molecular complexity index is 690. The van der Waals surface area contributed by atoms with Gasteiger partial charge in [0.1, 0.15) is 11.3 Å². The summed E-state index contributed by atoms with van der Waals surface area (Å²) < 4.78 is 6.17. The molecule has 1 aromatic carbocycles. The van der Waals surface area contributed by atoms with Crippen LogP contribution in [0.4, 0.5) is 5.69 Å². The predicted molar refractivity (Wildman–Crippen MR) is 81.5 cm³/mol. The average molecular weight is 380 g/mol. The monoisotopic (exact) mass is 380 g/mol. The summed E-state index contributed by atoms with van der Waals surface area (Å²) in [6.07, 6.45) is 2.92. The number of carbonyl (C=O) groups excluding carboxylic acids is 2.